The highest BCUT2D eigenvalue weighted by Gasteiger charge is 2.23. The van der Waals surface area contributed by atoms with Crippen molar-refractivity contribution in [1.29, 1.82) is 0 Å². The van der Waals surface area contributed by atoms with Crippen molar-refractivity contribution in [3.8, 4) is 5.75 Å². The van der Waals surface area contributed by atoms with Crippen LogP contribution in [-0.4, -0.2) is 63.2 Å². The third-order valence-corrected chi connectivity index (χ3v) is 4.23. The van der Waals surface area contributed by atoms with Gasteiger partial charge in [0.25, 0.3) is 0 Å². The molecular formula is C17H28ClN3O. The molecule has 0 aliphatic carbocycles. The topological polar surface area (TPSA) is 27.7 Å². The summed E-state index contributed by atoms with van der Waals surface area (Å²) in [6.45, 7) is 8.04. The summed E-state index contributed by atoms with van der Waals surface area (Å²) in [6, 6.07) is 6.61. The maximum atomic E-state index is 6.42. The van der Waals surface area contributed by atoms with E-state index in [1.54, 1.807) is 0 Å². The summed E-state index contributed by atoms with van der Waals surface area (Å²) < 4.78 is 5.68. The van der Waals surface area contributed by atoms with Crippen LogP contribution >= 0.6 is 11.6 Å². The van der Waals surface area contributed by atoms with E-state index in [2.05, 4.69) is 48.3 Å². The first kappa shape index (κ1) is 17.5. The van der Waals surface area contributed by atoms with Crippen molar-refractivity contribution < 1.29 is 4.74 Å². The lowest BCUT2D eigenvalue weighted by molar-refractivity contribution is 0.144. The van der Waals surface area contributed by atoms with Crippen molar-refractivity contribution in [2.45, 2.75) is 19.4 Å². The lowest BCUT2D eigenvalue weighted by Crippen LogP contribution is -2.47. The number of likely N-dealkylation sites (N-methyl/N-ethyl adjacent to an activating group) is 1. The van der Waals surface area contributed by atoms with Gasteiger partial charge in [0, 0.05) is 38.8 Å². The molecule has 124 valence electrons. The van der Waals surface area contributed by atoms with E-state index in [0.29, 0.717) is 17.7 Å². The van der Waals surface area contributed by atoms with E-state index in [1.807, 2.05) is 6.07 Å². The average Bonchev–Trinajstić information content (AvgIpc) is 2.52. The summed E-state index contributed by atoms with van der Waals surface area (Å²) in [5.41, 5.74) is 1.27. The second-order valence-electron chi connectivity index (χ2n) is 6.10. The molecule has 1 atom stereocenters. The molecule has 5 heteroatoms. The number of halogens is 1. The molecule has 1 fully saturated rings. The smallest absolute Gasteiger partial charge is 0.137 e. The molecule has 0 saturated carbocycles. The Morgan fingerprint density at radius 1 is 1.32 bits per heavy atom. The van der Waals surface area contributed by atoms with E-state index in [9.17, 15) is 0 Å². The molecule has 1 saturated heterocycles. The highest BCUT2D eigenvalue weighted by Crippen LogP contribution is 2.30. The number of nitrogens with zero attached hydrogens (tertiary/aromatic N) is 2. The second kappa shape index (κ2) is 8.73. The van der Waals surface area contributed by atoms with Crippen LogP contribution in [0.3, 0.4) is 0 Å². The number of nitrogens with one attached hydrogen (secondary N) is 1. The quantitative estimate of drug-likeness (QED) is 0.834. The van der Waals surface area contributed by atoms with Gasteiger partial charge in [-0.3, -0.25) is 4.90 Å². The molecule has 1 unspecified atom stereocenters. The Hall–Kier alpha value is -0.810. The Morgan fingerprint density at radius 3 is 2.64 bits per heavy atom. The van der Waals surface area contributed by atoms with Crippen molar-refractivity contribution in [2.75, 3.05) is 53.4 Å². The average molecular weight is 326 g/mol. The first-order valence-electron chi connectivity index (χ1n) is 8.13. The Labute approximate surface area is 139 Å². The largest absolute Gasteiger partial charge is 0.492 e. The van der Waals surface area contributed by atoms with Gasteiger partial charge in [0.2, 0.25) is 0 Å². The Bertz CT molecular complexity index is 461. The van der Waals surface area contributed by atoms with Gasteiger partial charge in [0.1, 0.15) is 5.75 Å². The number of benzene rings is 1. The number of rotatable bonds is 7. The van der Waals surface area contributed by atoms with E-state index in [-0.39, 0.29) is 0 Å². The number of hydrogen-bond acceptors (Lipinski definition) is 4. The van der Waals surface area contributed by atoms with Gasteiger partial charge in [-0.1, -0.05) is 24.6 Å². The summed E-state index contributed by atoms with van der Waals surface area (Å²) in [4.78, 5) is 4.77. The molecule has 1 aliphatic rings. The fourth-order valence-corrected chi connectivity index (χ4v) is 3.07. The molecule has 1 aliphatic heterocycles. The van der Waals surface area contributed by atoms with E-state index >= 15 is 0 Å². The Kier molecular flexibility index (Phi) is 6.96. The second-order valence-corrected chi connectivity index (χ2v) is 6.51. The maximum absolute atomic E-state index is 6.42. The molecule has 1 N–H and O–H groups in total. The van der Waals surface area contributed by atoms with Gasteiger partial charge < -0.3 is 15.0 Å². The molecule has 4 nitrogen and oxygen atoms in total. The SMILES string of the molecule is CCCOc1ccc(C(CN(C)C)N2CCNCC2)cc1Cl. The predicted molar refractivity (Wildman–Crippen MR) is 93.0 cm³/mol. The summed E-state index contributed by atoms with van der Waals surface area (Å²) in [5, 5.41) is 4.13. The third kappa shape index (κ3) is 4.85. The van der Waals surface area contributed by atoms with E-state index in [4.69, 9.17) is 16.3 Å². The van der Waals surface area contributed by atoms with Gasteiger partial charge in [-0.2, -0.15) is 0 Å². The van der Waals surface area contributed by atoms with Crippen LogP contribution in [-0.2, 0) is 0 Å². The minimum atomic E-state index is 0.370. The summed E-state index contributed by atoms with van der Waals surface area (Å²) in [7, 11) is 4.24. The fraction of sp³-hybridized carbons (Fsp3) is 0.647. The van der Waals surface area contributed by atoms with Crippen LogP contribution < -0.4 is 10.1 Å². The highest BCUT2D eigenvalue weighted by atomic mass is 35.5. The molecule has 1 aromatic rings. The molecule has 1 aromatic carbocycles. The van der Waals surface area contributed by atoms with Crippen molar-refractivity contribution >= 4 is 11.6 Å². The molecule has 0 bridgehead atoms. The molecule has 2 rings (SSSR count). The Balaban J connectivity index is 2.17. The van der Waals surface area contributed by atoms with Gasteiger partial charge in [-0.15, -0.1) is 0 Å². The van der Waals surface area contributed by atoms with Crippen molar-refractivity contribution in [3.63, 3.8) is 0 Å². The van der Waals surface area contributed by atoms with Gasteiger partial charge in [-0.05, 0) is 38.2 Å². The van der Waals surface area contributed by atoms with Crippen molar-refractivity contribution in [2.24, 2.45) is 0 Å². The van der Waals surface area contributed by atoms with Crippen molar-refractivity contribution in [1.82, 2.24) is 15.1 Å². The van der Waals surface area contributed by atoms with Crippen molar-refractivity contribution in [3.05, 3.63) is 28.8 Å². The first-order chi connectivity index (χ1) is 10.6. The molecule has 0 amide bonds. The van der Waals surface area contributed by atoms with Gasteiger partial charge in [0.05, 0.1) is 11.6 Å². The maximum Gasteiger partial charge on any atom is 0.137 e. The minimum absolute atomic E-state index is 0.370. The standard InChI is InChI=1S/C17H28ClN3O/c1-4-11-22-17-6-5-14(12-15(17)18)16(13-20(2)3)21-9-7-19-8-10-21/h5-6,12,16,19H,4,7-11,13H2,1-3H3. The molecule has 0 spiro atoms. The lowest BCUT2D eigenvalue weighted by atomic mass is 10.0. The molecule has 22 heavy (non-hydrogen) atoms. The normalized spacial score (nSPS) is 17.7. The number of hydrogen-bond donors (Lipinski definition) is 1. The van der Waals surface area contributed by atoms with Crippen LogP contribution in [0.5, 0.6) is 5.75 Å². The predicted octanol–water partition coefficient (Wildman–Crippen LogP) is 2.64. The van der Waals surface area contributed by atoms with E-state index < -0.39 is 0 Å². The molecule has 0 aromatic heterocycles. The molecule has 1 heterocycles. The van der Waals surface area contributed by atoms with Crippen LogP contribution in [0, 0.1) is 0 Å². The monoisotopic (exact) mass is 325 g/mol. The summed E-state index contributed by atoms with van der Waals surface area (Å²) in [5.74, 6) is 0.788. The zero-order chi connectivity index (χ0) is 15.9. The zero-order valence-electron chi connectivity index (χ0n) is 13.9. The number of ether oxygens (including phenoxy) is 1. The molecule has 0 radical (unpaired) electrons. The summed E-state index contributed by atoms with van der Waals surface area (Å²) >= 11 is 6.42. The van der Waals surface area contributed by atoms with E-state index in [0.717, 1.165) is 44.9 Å². The Morgan fingerprint density at radius 2 is 2.05 bits per heavy atom. The van der Waals surface area contributed by atoms with Crippen LogP contribution in [0.25, 0.3) is 0 Å². The minimum Gasteiger partial charge on any atom is -0.492 e. The highest BCUT2D eigenvalue weighted by molar-refractivity contribution is 6.32. The lowest BCUT2D eigenvalue weighted by Gasteiger charge is -2.36. The summed E-state index contributed by atoms with van der Waals surface area (Å²) in [6.07, 6.45) is 0.988. The van der Waals surface area contributed by atoms with Crippen LogP contribution in [0.1, 0.15) is 24.9 Å². The van der Waals surface area contributed by atoms with E-state index in [1.165, 1.54) is 5.56 Å². The third-order valence-electron chi connectivity index (χ3n) is 3.93. The number of piperazine rings is 1. The van der Waals surface area contributed by atoms with Crippen LogP contribution in [0.4, 0.5) is 0 Å². The van der Waals surface area contributed by atoms with Crippen LogP contribution in [0.15, 0.2) is 18.2 Å². The van der Waals surface area contributed by atoms with Gasteiger partial charge in [-0.25, -0.2) is 0 Å². The van der Waals surface area contributed by atoms with Gasteiger partial charge >= 0.3 is 0 Å². The zero-order valence-corrected chi connectivity index (χ0v) is 14.7. The van der Waals surface area contributed by atoms with Crippen LogP contribution in [0.2, 0.25) is 5.02 Å². The molecular weight excluding hydrogens is 298 g/mol. The fourth-order valence-electron chi connectivity index (χ4n) is 2.82. The van der Waals surface area contributed by atoms with Gasteiger partial charge in [0.15, 0.2) is 0 Å². The first-order valence-corrected chi connectivity index (χ1v) is 8.51.